The number of hydrogen-bond donors (Lipinski definition) is 3. The molecule has 0 saturated carbocycles. The first-order valence-electron chi connectivity index (χ1n) is 7.46. The summed E-state index contributed by atoms with van der Waals surface area (Å²) in [6.07, 6.45) is 0.866. The number of aliphatic hydroxyl groups excluding tert-OH is 1. The van der Waals surface area contributed by atoms with Gasteiger partial charge in [0, 0.05) is 12.2 Å². The second-order valence-corrected chi connectivity index (χ2v) is 5.20. The lowest BCUT2D eigenvalue weighted by molar-refractivity contribution is 0.251. The van der Waals surface area contributed by atoms with Gasteiger partial charge >= 0.3 is 6.03 Å². The van der Waals surface area contributed by atoms with Crippen LogP contribution >= 0.6 is 0 Å². The summed E-state index contributed by atoms with van der Waals surface area (Å²) in [6, 6.07) is 13.3. The fraction of sp³-hybridized carbons (Fsp3) is 0.278. The molecule has 0 unspecified atom stereocenters. The molecule has 4 nitrogen and oxygen atoms in total. The fourth-order valence-corrected chi connectivity index (χ4v) is 2.42. The Kier molecular flexibility index (Phi) is 5.55. The molecule has 4 heteroatoms. The van der Waals surface area contributed by atoms with Gasteiger partial charge in [0.05, 0.1) is 6.61 Å². The molecule has 0 aliphatic carbocycles. The quantitative estimate of drug-likeness (QED) is 0.792. The summed E-state index contributed by atoms with van der Waals surface area (Å²) < 4.78 is 0. The first kappa shape index (κ1) is 16.0. The average molecular weight is 298 g/mol. The molecule has 0 atom stereocenters. The standard InChI is InChI=1S/C18H22N2O2/c1-3-14-10-6-7-13(2)17(14)20-18(22)19-11-15-8-4-5-9-16(15)12-21/h4-10,21H,3,11-12H2,1-2H3,(H2,19,20,22). The van der Waals surface area contributed by atoms with Gasteiger partial charge < -0.3 is 15.7 Å². The first-order valence-corrected chi connectivity index (χ1v) is 7.46. The number of anilines is 1. The van der Waals surface area contributed by atoms with Crippen molar-refractivity contribution in [2.75, 3.05) is 5.32 Å². The molecule has 116 valence electrons. The number of aliphatic hydroxyl groups is 1. The molecule has 0 spiro atoms. The van der Waals surface area contributed by atoms with E-state index in [1.165, 1.54) is 0 Å². The van der Waals surface area contributed by atoms with Crippen molar-refractivity contribution in [3.63, 3.8) is 0 Å². The summed E-state index contributed by atoms with van der Waals surface area (Å²) in [5, 5.41) is 15.1. The minimum Gasteiger partial charge on any atom is -0.392 e. The van der Waals surface area contributed by atoms with E-state index in [2.05, 4.69) is 17.6 Å². The van der Waals surface area contributed by atoms with Crippen LogP contribution in [-0.4, -0.2) is 11.1 Å². The lowest BCUT2D eigenvalue weighted by atomic mass is 10.1. The Balaban J connectivity index is 2.02. The summed E-state index contributed by atoms with van der Waals surface area (Å²) in [4.78, 5) is 12.1. The summed E-state index contributed by atoms with van der Waals surface area (Å²) in [5.74, 6) is 0. The SMILES string of the molecule is CCc1cccc(C)c1NC(=O)NCc1ccccc1CO. The number of hydrogen-bond acceptors (Lipinski definition) is 2. The van der Waals surface area contributed by atoms with E-state index in [4.69, 9.17) is 0 Å². The van der Waals surface area contributed by atoms with Crippen LogP contribution in [0.4, 0.5) is 10.5 Å². The molecule has 2 aromatic rings. The summed E-state index contributed by atoms with van der Waals surface area (Å²) in [5.41, 5.74) is 4.78. The number of nitrogens with one attached hydrogen (secondary N) is 2. The van der Waals surface area contributed by atoms with E-state index < -0.39 is 0 Å². The van der Waals surface area contributed by atoms with Gasteiger partial charge in [0.15, 0.2) is 0 Å². The largest absolute Gasteiger partial charge is 0.392 e. The molecule has 0 heterocycles. The van der Waals surface area contributed by atoms with Crippen molar-refractivity contribution in [1.29, 1.82) is 0 Å². The maximum absolute atomic E-state index is 12.1. The van der Waals surface area contributed by atoms with Gasteiger partial charge in [0.25, 0.3) is 0 Å². The van der Waals surface area contributed by atoms with Crippen molar-refractivity contribution < 1.29 is 9.90 Å². The van der Waals surface area contributed by atoms with Crippen LogP contribution in [-0.2, 0) is 19.6 Å². The number of carbonyl (C=O) groups excluding carboxylic acids is 1. The van der Waals surface area contributed by atoms with Crippen molar-refractivity contribution in [1.82, 2.24) is 5.32 Å². The maximum Gasteiger partial charge on any atom is 0.319 e. The molecule has 2 aromatic carbocycles. The number of amides is 2. The summed E-state index contributed by atoms with van der Waals surface area (Å²) >= 11 is 0. The third-order valence-corrected chi connectivity index (χ3v) is 3.71. The number of carbonyl (C=O) groups is 1. The summed E-state index contributed by atoms with van der Waals surface area (Å²) in [6.45, 7) is 4.40. The lowest BCUT2D eigenvalue weighted by Crippen LogP contribution is -2.29. The third-order valence-electron chi connectivity index (χ3n) is 3.71. The van der Waals surface area contributed by atoms with E-state index in [1.807, 2.05) is 49.4 Å². The molecule has 0 saturated heterocycles. The van der Waals surface area contributed by atoms with Crippen LogP contribution in [0.1, 0.15) is 29.2 Å². The van der Waals surface area contributed by atoms with Crippen LogP contribution in [0.25, 0.3) is 0 Å². The van der Waals surface area contributed by atoms with Crippen molar-refractivity contribution in [2.45, 2.75) is 33.4 Å². The van der Waals surface area contributed by atoms with Gasteiger partial charge in [-0.2, -0.15) is 0 Å². The van der Waals surface area contributed by atoms with Gasteiger partial charge in [0.2, 0.25) is 0 Å². The van der Waals surface area contributed by atoms with Gasteiger partial charge in [0.1, 0.15) is 0 Å². The Bertz CT molecular complexity index is 653. The van der Waals surface area contributed by atoms with E-state index in [9.17, 15) is 9.90 Å². The number of aryl methyl sites for hydroxylation is 2. The van der Waals surface area contributed by atoms with Gasteiger partial charge in [-0.3, -0.25) is 0 Å². The molecule has 0 radical (unpaired) electrons. The van der Waals surface area contributed by atoms with Crippen LogP contribution in [0.15, 0.2) is 42.5 Å². The zero-order chi connectivity index (χ0) is 15.9. The maximum atomic E-state index is 12.1. The Morgan fingerprint density at radius 3 is 2.41 bits per heavy atom. The van der Waals surface area contributed by atoms with Crippen molar-refractivity contribution in [3.8, 4) is 0 Å². The molecule has 0 bridgehead atoms. The zero-order valence-electron chi connectivity index (χ0n) is 13.0. The lowest BCUT2D eigenvalue weighted by Gasteiger charge is -2.14. The Hall–Kier alpha value is -2.33. The van der Waals surface area contributed by atoms with E-state index >= 15 is 0 Å². The highest BCUT2D eigenvalue weighted by atomic mass is 16.3. The highest BCUT2D eigenvalue weighted by Gasteiger charge is 2.09. The predicted molar refractivity (Wildman–Crippen MR) is 88.8 cm³/mol. The topological polar surface area (TPSA) is 61.4 Å². The third kappa shape index (κ3) is 3.86. The fourth-order valence-electron chi connectivity index (χ4n) is 2.42. The molecular formula is C18H22N2O2. The van der Waals surface area contributed by atoms with Crippen molar-refractivity contribution >= 4 is 11.7 Å². The van der Waals surface area contributed by atoms with Crippen LogP contribution < -0.4 is 10.6 Å². The van der Waals surface area contributed by atoms with E-state index in [1.54, 1.807) is 0 Å². The highest BCUT2D eigenvalue weighted by Crippen LogP contribution is 2.20. The van der Waals surface area contributed by atoms with Crippen LogP contribution in [0.2, 0.25) is 0 Å². The smallest absolute Gasteiger partial charge is 0.319 e. The van der Waals surface area contributed by atoms with E-state index in [0.717, 1.165) is 34.4 Å². The second kappa shape index (κ2) is 7.61. The first-order chi connectivity index (χ1) is 10.7. The molecule has 0 aliphatic heterocycles. The van der Waals surface area contributed by atoms with Crippen LogP contribution in [0.3, 0.4) is 0 Å². The van der Waals surface area contributed by atoms with Crippen LogP contribution in [0, 0.1) is 6.92 Å². The molecular weight excluding hydrogens is 276 g/mol. The minimum atomic E-state index is -0.239. The Morgan fingerprint density at radius 1 is 1.05 bits per heavy atom. The Labute approximate surface area is 131 Å². The van der Waals surface area contributed by atoms with Gasteiger partial charge in [-0.15, -0.1) is 0 Å². The van der Waals surface area contributed by atoms with E-state index in [0.29, 0.717) is 6.54 Å². The molecule has 2 amide bonds. The van der Waals surface area contributed by atoms with E-state index in [-0.39, 0.29) is 12.6 Å². The monoisotopic (exact) mass is 298 g/mol. The van der Waals surface area contributed by atoms with Crippen molar-refractivity contribution in [2.24, 2.45) is 0 Å². The second-order valence-electron chi connectivity index (χ2n) is 5.20. The molecule has 0 fully saturated rings. The average Bonchev–Trinajstić information content (AvgIpc) is 2.55. The number of urea groups is 1. The van der Waals surface area contributed by atoms with Crippen molar-refractivity contribution in [3.05, 3.63) is 64.7 Å². The molecule has 22 heavy (non-hydrogen) atoms. The Morgan fingerprint density at radius 2 is 1.73 bits per heavy atom. The molecule has 3 N–H and O–H groups in total. The normalized spacial score (nSPS) is 10.3. The van der Waals surface area contributed by atoms with Gasteiger partial charge in [-0.1, -0.05) is 49.4 Å². The predicted octanol–water partition coefficient (Wildman–Crippen LogP) is 3.37. The summed E-state index contributed by atoms with van der Waals surface area (Å²) in [7, 11) is 0. The minimum absolute atomic E-state index is 0.0305. The molecule has 2 rings (SSSR count). The van der Waals surface area contributed by atoms with Gasteiger partial charge in [-0.05, 0) is 35.6 Å². The molecule has 0 aromatic heterocycles. The number of benzene rings is 2. The molecule has 0 aliphatic rings. The zero-order valence-corrected chi connectivity index (χ0v) is 13.0. The van der Waals surface area contributed by atoms with Crippen LogP contribution in [0.5, 0.6) is 0 Å². The number of rotatable bonds is 5. The van der Waals surface area contributed by atoms with Gasteiger partial charge in [-0.25, -0.2) is 4.79 Å². The number of para-hydroxylation sites is 1. The highest BCUT2D eigenvalue weighted by molar-refractivity contribution is 5.91.